The predicted octanol–water partition coefficient (Wildman–Crippen LogP) is 6.67. The van der Waals surface area contributed by atoms with Gasteiger partial charge in [0.25, 0.3) is 0 Å². The van der Waals surface area contributed by atoms with Crippen LogP contribution in [0.15, 0.2) is 18.7 Å². The van der Waals surface area contributed by atoms with E-state index < -0.39 is 33.4 Å². The number of halogens is 9. The lowest BCUT2D eigenvalue weighted by Gasteiger charge is -2.34. The Morgan fingerprint density at radius 1 is 0.750 bits per heavy atom. The van der Waals surface area contributed by atoms with Crippen LogP contribution in [0.2, 0.25) is 0 Å². The molecule has 0 saturated carbocycles. The summed E-state index contributed by atoms with van der Waals surface area (Å²) < 4.78 is 140. The van der Waals surface area contributed by atoms with E-state index in [1.165, 1.54) is 77.3 Å². The summed E-state index contributed by atoms with van der Waals surface area (Å²) in [5.74, 6) is -14.8. The highest BCUT2D eigenvalue weighted by Gasteiger charge is 2.83. The molecule has 0 saturated heterocycles. The van der Waals surface area contributed by atoms with Crippen molar-refractivity contribution in [1.82, 2.24) is 4.57 Å². The van der Waals surface area contributed by atoms with Gasteiger partial charge in [-0.3, -0.25) is 0 Å². The first kappa shape index (κ1) is 34.5. The molecule has 0 aliphatic heterocycles. The topological polar surface area (TPSA) is 66.0 Å². The number of unbranched alkanes of at least 4 members (excludes halogenated alkanes) is 8. The highest BCUT2D eigenvalue weighted by atomic mass is 32.2. The number of aryl methyl sites for hydroxylation is 2. The summed E-state index contributed by atoms with van der Waals surface area (Å²) in [5, 5.41) is -7.11. The van der Waals surface area contributed by atoms with Crippen molar-refractivity contribution in [3.05, 3.63) is 18.7 Å². The van der Waals surface area contributed by atoms with Crippen molar-refractivity contribution in [3.63, 3.8) is 0 Å². The number of imidazole rings is 1. The molecule has 0 aliphatic carbocycles. The molecule has 0 aliphatic rings. The molecule has 15 heteroatoms. The first-order chi connectivity index (χ1) is 16.4. The lowest BCUT2D eigenvalue weighted by molar-refractivity contribution is -0.696. The van der Waals surface area contributed by atoms with Gasteiger partial charge >= 0.3 is 23.3 Å². The van der Waals surface area contributed by atoms with Gasteiger partial charge in [0.2, 0.25) is 6.33 Å². The molecule has 0 amide bonds. The van der Waals surface area contributed by atoms with Crippen molar-refractivity contribution in [2.45, 2.75) is 114 Å². The summed E-state index contributed by atoms with van der Waals surface area (Å²) in [7, 11) is -7.42. The lowest BCUT2D eigenvalue weighted by Crippen LogP contribution is -2.63. The second-order valence-electron chi connectivity index (χ2n) is 8.34. The van der Waals surface area contributed by atoms with Crippen LogP contribution in [0.3, 0.4) is 0 Å². The van der Waals surface area contributed by atoms with E-state index in [2.05, 4.69) is 41.7 Å². The summed E-state index contributed by atoms with van der Waals surface area (Å²) in [6, 6.07) is 0. The maximum Gasteiger partial charge on any atom is 0.460 e. The van der Waals surface area contributed by atoms with Crippen molar-refractivity contribution in [1.29, 1.82) is 0 Å². The summed E-state index contributed by atoms with van der Waals surface area (Å²) in [6.07, 6.45) is 13.2. The molecule has 1 rings (SSSR count). The van der Waals surface area contributed by atoms with Gasteiger partial charge in [0.15, 0.2) is 10.1 Å². The molecule has 1 aromatic rings. The average Bonchev–Trinajstić information content (AvgIpc) is 3.20. The van der Waals surface area contributed by atoms with Crippen LogP contribution in [0.4, 0.5) is 39.5 Å². The molecule has 1 aromatic heterocycles. The van der Waals surface area contributed by atoms with Crippen molar-refractivity contribution in [3.8, 4) is 0 Å². The lowest BCUT2D eigenvalue weighted by atomic mass is 10.1. The first-order valence-electron chi connectivity index (χ1n) is 11.6. The minimum atomic E-state index is -7.43. The molecular formula is C21H33F9N2O3S. The molecule has 0 atom stereocenters. The number of alkyl halides is 9. The van der Waals surface area contributed by atoms with Gasteiger partial charge in [-0.15, -0.1) is 0 Å². The van der Waals surface area contributed by atoms with Crippen molar-refractivity contribution < 1.29 is 57.1 Å². The molecule has 0 unspecified atom stereocenters. The highest BCUT2D eigenvalue weighted by molar-refractivity contribution is 7.86. The molecule has 214 valence electrons. The number of hydrogen-bond donors (Lipinski definition) is 0. The fourth-order valence-corrected chi connectivity index (χ4v) is 3.46. The Morgan fingerprint density at radius 3 is 1.69 bits per heavy atom. The molecule has 0 aromatic carbocycles. The number of hydrogen-bond acceptors (Lipinski definition) is 3. The van der Waals surface area contributed by atoms with E-state index in [1.807, 2.05) is 0 Å². The standard InChI is InChI=1S/C17H33N2.C4HF9O3S/c1-3-5-7-9-10-12-14-19-16-15-18(17-19)13-11-8-6-4-2;5-1(6,3(9,10)11)2(7,8)4(12,13)17(14,15)16/h15-17H,3-14H2,1-2H3;(H,14,15,16)/q+1;/p-1. The zero-order valence-electron chi connectivity index (χ0n) is 20.1. The van der Waals surface area contributed by atoms with Gasteiger partial charge in [0.05, 0.1) is 13.1 Å². The Bertz CT molecular complexity index is 857. The highest BCUT2D eigenvalue weighted by Crippen LogP contribution is 2.54. The smallest absolute Gasteiger partial charge is 0.460 e. The van der Waals surface area contributed by atoms with Crippen LogP contribution in [-0.4, -0.2) is 40.8 Å². The van der Waals surface area contributed by atoms with Gasteiger partial charge < -0.3 is 4.55 Å². The second-order valence-corrected chi connectivity index (χ2v) is 9.76. The SMILES string of the molecule is CCCCCCCC[n+]1ccn(CCCCCC)c1.O=S(=O)([O-])C(F)(F)C(F)(F)C(F)(F)C(F)(F)F. The Morgan fingerprint density at radius 2 is 1.22 bits per heavy atom. The van der Waals surface area contributed by atoms with E-state index >= 15 is 0 Å². The molecule has 36 heavy (non-hydrogen) atoms. The number of aromatic nitrogens is 2. The monoisotopic (exact) mass is 564 g/mol. The van der Waals surface area contributed by atoms with E-state index in [-0.39, 0.29) is 0 Å². The van der Waals surface area contributed by atoms with Gasteiger partial charge in [-0.2, -0.15) is 39.5 Å². The summed E-state index contributed by atoms with van der Waals surface area (Å²) in [4.78, 5) is 0. The maximum absolute atomic E-state index is 12.2. The van der Waals surface area contributed by atoms with Gasteiger partial charge in [-0.25, -0.2) is 17.6 Å². The Labute approximate surface area is 205 Å². The molecule has 0 fully saturated rings. The van der Waals surface area contributed by atoms with Crippen LogP contribution in [-0.2, 0) is 23.2 Å². The minimum absolute atomic E-state index is 1.18. The van der Waals surface area contributed by atoms with Crippen molar-refractivity contribution in [2.75, 3.05) is 0 Å². The third-order valence-corrected chi connectivity index (χ3v) is 6.10. The minimum Gasteiger partial charge on any atom is -0.743 e. The Hall–Kier alpha value is -1.51. The van der Waals surface area contributed by atoms with E-state index in [9.17, 15) is 52.5 Å². The van der Waals surface area contributed by atoms with Crippen LogP contribution in [0.5, 0.6) is 0 Å². The fourth-order valence-electron chi connectivity index (χ4n) is 3.02. The van der Waals surface area contributed by atoms with Crippen molar-refractivity contribution in [2.24, 2.45) is 0 Å². The molecule has 0 N–H and O–H groups in total. The molecule has 0 spiro atoms. The first-order valence-corrected chi connectivity index (χ1v) is 13.0. The van der Waals surface area contributed by atoms with Crippen LogP contribution >= 0.6 is 0 Å². The van der Waals surface area contributed by atoms with Crippen LogP contribution in [0.1, 0.15) is 78.1 Å². The quantitative estimate of drug-likeness (QED) is 0.103. The normalized spacial score (nSPS) is 13.4. The van der Waals surface area contributed by atoms with E-state index in [0.29, 0.717) is 0 Å². The van der Waals surface area contributed by atoms with Crippen molar-refractivity contribution >= 4 is 10.1 Å². The molecule has 0 radical (unpaired) electrons. The Balaban J connectivity index is 0.000000686. The van der Waals surface area contributed by atoms with Crippen LogP contribution < -0.4 is 4.57 Å². The van der Waals surface area contributed by atoms with Gasteiger partial charge in [-0.1, -0.05) is 52.4 Å². The number of nitrogens with zero attached hydrogens (tertiary/aromatic N) is 2. The maximum atomic E-state index is 12.2. The van der Waals surface area contributed by atoms with E-state index in [4.69, 9.17) is 0 Å². The van der Waals surface area contributed by atoms with Gasteiger partial charge in [0, 0.05) is 0 Å². The number of rotatable bonds is 15. The second kappa shape index (κ2) is 14.4. The Kier molecular flexibility index (Phi) is 13.8. The summed E-state index contributed by atoms with van der Waals surface area (Å²) >= 11 is 0. The van der Waals surface area contributed by atoms with Gasteiger partial charge in [-0.05, 0) is 25.7 Å². The van der Waals surface area contributed by atoms with E-state index in [0.717, 1.165) is 0 Å². The van der Waals surface area contributed by atoms with Gasteiger partial charge in [0.1, 0.15) is 12.4 Å². The zero-order chi connectivity index (χ0) is 28.3. The fraction of sp³-hybridized carbons (Fsp3) is 0.857. The van der Waals surface area contributed by atoms with Crippen LogP contribution in [0.25, 0.3) is 0 Å². The third-order valence-electron chi connectivity index (χ3n) is 5.22. The zero-order valence-corrected chi connectivity index (χ0v) is 21.0. The summed E-state index contributed by atoms with van der Waals surface area (Å²) in [5.41, 5.74) is 0. The predicted molar refractivity (Wildman–Crippen MR) is 113 cm³/mol. The summed E-state index contributed by atoms with van der Waals surface area (Å²) in [6.45, 7) is 6.92. The third kappa shape index (κ3) is 9.75. The van der Waals surface area contributed by atoms with Crippen LogP contribution in [0, 0.1) is 0 Å². The largest absolute Gasteiger partial charge is 0.743 e. The molecule has 5 nitrogen and oxygen atoms in total. The average molecular weight is 565 g/mol. The molecule has 1 heterocycles. The molecule has 0 bridgehead atoms. The van der Waals surface area contributed by atoms with E-state index in [1.54, 1.807) is 0 Å². The molecular weight excluding hydrogens is 531 g/mol.